The highest BCUT2D eigenvalue weighted by Crippen LogP contribution is 2.32. The standard InChI is InChI=1S/C30H32N6O3S/c1-2-36-28(38)26(40-29(36)25(20-32)27(37)33-15-14-31)21-34-24-10-6-7-22(19-24)11-16-35-17-12-30(39,13-18-35)23-8-4-3-5-9-23/h3-10,19,21,34,39H,2,11-13,15-18H2,1H3,(H,33,37)/b26-21+,29-25-. The molecule has 2 heterocycles. The molecule has 3 N–H and O–H groups in total. The zero-order chi connectivity index (χ0) is 28.5. The number of nitriles is 2. The van der Waals surface area contributed by atoms with Crippen LogP contribution >= 0.6 is 11.3 Å². The van der Waals surface area contributed by atoms with Crippen LogP contribution in [0.4, 0.5) is 5.69 Å². The number of thiazole rings is 1. The number of nitrogens with one attached hydrogen (secondary N) is 2. The molecule has 2 aromatic carbocycles. The van der Waals surface area contributed by atoms with Crippen LogP contribution in [-0.2, 0) is 23.4 Å². The Hall–Kier alpha value is -4.22. The van der Waals surface area contributed by atoms with E-state index in [1.165, 1.54) is 4.57 Å². The highest BCUT2D eigenvalue weighted by atomic mass is 32.1. The molecule has 1 aliphatic rings. The first-order chi connectivity index (χ1) is 19.4. The van der Waals surface area contributed by atoms with Crippen LogP contribution in [0.5, 0.6) is 0 Å². The molecular weight excluding hydrogens is 524 g/mol. The molecule has 0 saturated carbocycles. The molecule has 10 heteroatoms. The first kappa shape index (κ1) is 28.8. The Kier molecular flexibility index (Phi) is 9.52. The second-order valence-electron chi connectivity index (χ2n) is 9.63. The molecule has 0 unspecified atom stereocenters. The van der Waals surface area contributed by atoms with Crippen molar-refractivity contribution in [2.75, 3.05) is 31.5 Å². The molecule has 9 nitrogen and oxygen atoms in total. The van der Waals surface area contributed by atoms with E-state index in [0.29, 0.717) is 23.9 Å². The number of aromatic nitrogens is 1. The van der Waals surface area contributed by atoms with E-state index in [1.54, 1.807) is 19.2 Å². The molecular formula is C30H32N6O3S. The average Bonchev–Trinajstić information content (AvgIpc) is 3.30. The van der Waals surface area contributed by atoms with Crippen LogP contribution in [0.2, 0.25) is 0 Å². The van der Waals surface area contributed by atoms with Gasteiger partial charge in [-0.15, -0.1) is 11.3 Å². The highest BCUT2D eigenvalue weighted by molar-refractivity contribution is 7.07. The second kappa shape index (κ2) is 13.2. The minimum absolute atomic E-state index is 0.194. The molecule has 1 amide bonds. The van der Waals surface area contributed by atoms with Crippen LogP contribution in [0.15, 0.2) is 59.4 Å². The van der Waals surface area contributed by atoms with Gasteiger partial charge in [-0.25, -0.2) is 0 Å². The molecule has 206 valence electrons. The Morgan fingerprint density at radius 3 is 2.58 bits per heavy atom. The molecule has 0 spiro atoms. The molecule has 1 aromatic heterocycles. The van der Waals surface area contributed by atoms with Crippen molar-refractivity contribution in [3.05, 3.63) is 85.3 Å². The number of amides is 1. The van der Waals surface area contributed by atoms with Gasteiger partial charge in [-0.3, -0.25) is 14.2 Å². The monoisotopic (exact) mass is 556 g/mol. The third-order valence-electron chi connectivity index (χ3n) is 7.11. The van der Waals surface area contributed by atoms with Gasteiger partial charge >= 0.3 is 0 Å². The summed E-state index contributed by atoms with van der Waals surface area (Å²) in [5.74, 6) is -0.682. The maximum atomic E-state index is 13.0. The van der Waals surface area contributed by atoms with Crippen LogP contribution in [0.1, 0.15) is 30.9 Å². The number of benzene rings is 2. The Morgan fingerprint density at radius 1 is 1.15 bits per heavy atom. The maximum absolute atomic E-state index is 13.0. The third-order valence-corrected chi connectivity index (χ3v) is 8.24. The van der Waals surface area contributed by atoms with Crippen molar-refractivity contribution >= 4 is 34.7 Å². The summed E-state index contributed by atoms with van der Waals surface area (Å²) in [7, 11) is 0. The zero-order valence-electron chi connectivity index (χ0n) is 22.4. The lowest BCUT2D eigenvalue weighted by atomic mass is 9.84. The van der Waals surface area contributed by atoms with Crippen molar-refractivity contribution in [2.24, 2.45) is 0 Å². The van der Waals surface area contributed by atoms with E-state index in [9.17, 15) is 20.0 Å². The van der Waals surface area contributed by atoms with Gasteiger partial charge in [-0.2, -0.15) is 10.5 Å². The normalized spacial score (nSPS) is 16.1. The molecule has 40 heavy (non-hydrogen) atoms. The van der Waals surface area contributed by atoms with Crippen LogP contribution in [0.25, 0.3) is 11.8 Å². The first-order valence-electron chi connectivity index (χ1n) is 13.2. The van der Waals surface area contributed by atoms with Crippen molar-refractivity contribution in [3.8, 4) is 12.1 Å². The van der Waals surface area contributed by atoms with Crippen molar-refractivity contribution in [1.82, 2.24) is 14.8 Å². The van der Waals surface area contributed by atoms with Gasteiger partial charge in [-0.05, 0) is 49.4 Å². The molecule has 0 bridgehead atoms. The van der Waals surface area contributed by atoms with Gasteiger partial charge < -0.3 is 20.6 Å². The second-order valence-corrected chi connectivity index (χ2v) is 10.7. The number of nitrogens with zero attached hydrogens (tertiary/aromatic N) is 4. The van der Waals surface area contributed by atoms with Gasteiger partial charge in [0.25, 0.3) is 11.5 Å². The summed E-state index contributed by atoms with van der Waals surface area (Å²) in [4.78, 5) is 27.7. The fourth-order valence-corrected chi connectivity index (χ4v) is 5.92. The predicted octanol–water partition coefficient (Wildman–Crippen LogP) is 1.62. The number of carbonyl (C=O) groups is 1. The SMILES string of the molecule is CCn1c(=O)/c(=C\Nc2cccc(CCN3CCC(O)(c4ccccc4)CC3)c2)s/c1=C(/C#N)C(=O)NCC#N. The quantitative estimate of drug-likeness (QED) is 0.341. The minimum Gasteiger partial charge on any atom is -0.385 e. The Bertz CT molecular complexity index is 1610. The molecule has 4 rings (SSSR count). The minimum atomic E-state index is -0.762. The van der Waals surface area contributed by atoms with Gasteiger partial charge in [0.2, 0.25) is 0 Å². The van der Waals surface area contributed by atoms with Gasteiger partial charge in [0.05, 0.1) is 11.7 Å². The first-order valence-corrected chi connectivity index (χ1v) is 14.1. The number of anilines is 1. The summed E-state index contributed by atoms with van der Waals surface area (Å²) >= 11 is 1.06. The number of aliphatic hydroxyl groups is 1. The summed E-state index contributed by atoms with van der Waals surface area (Å²) < 4.78 is 2.01. The molecule has 1 saturated heterocycles. The van der Waals surface area contributed by atoms with Crippen LogP contribution < -0.4 is 25.4 Å². The lowest BCUT2D eigenvalue weighted by Crippen LogP contribution is -2.43. The van der Waals surface area contributed by atoms with E-state index in [4.69, 9.17) is 5.26 Å². The molecule has 0 radical (unpaired) electrons. The Labute approximate surface area is 236 Å². The lowest BCUT2D eigenvalue weighted by molar-refractivity contribution is -0.115. The van der Waals surface area contributed by atoms with E-state index < -0.39 is 11.5 Å². The summed E-state index contributed by atoms with van der Waals surface area (Å²) in [6.07, 6.45) is 3.86. The predicted molar refractivity (Wildman–Crippen MR) is 155 cm³/mol. The largest absolute Gasteiger partial charge is 0.385 e. The van der Waals surface area contributed by atoms with Gasteiger partial charge in [0, 0.05) is 38.1 Å². The molecule has 1 fully saturated rings. The van der Waals surface area contributed by atoms with E-state index in [1.807, 2.05) is 54.6 Å². The lowest BCUT2D eigenvalue weighted by Gasteiger charge is -2.38. The van der Waals surface area contributed by atoms with Gasteiger partial charge in [0.1, 0.15) is 21.8 Å². The van der Waals surface area contributed by atoms with Crippen LogP contribution in [0.3, 0.4) is 0 Å². The average molecular weight is 557 g/mol. The maximum Gasteiger partial charge on any atom is 0.270 e. The van der Waals surface area contributed by atoms with Crippen molar-refractivity contribution in [3.63, 3.8) is 0 Å². The molecule has 3 aromatic rings. The zero-order valence-corrected chi connectivity index (χ0v) is 23.2. The number of piperidine rings is 1. The van der Waals surface area contributed by atoms with Crippen molar-refractivity contribution < 1.29 is 9.90 Å². The van der Waals surface area contributed by atoms with E-state index >= 15 is 0 Å². The third kappa shape index (κ3) is 6.67. The Morgan fingerprint density at radius 2 is 1.90 bits per heavy atom. The topological polar surface area (TPSA) is 134 Å². The number of likely N-dealkylation sites (tertiary alicyclic amines) is 1. The van der Waals surface area contributed by atoms with Crippen LogP contribution in [-0.4, -0.2) is 46.7 Å². The fourth-order valence-electron chi connectivity index (χ4n) is 4.83. The fraction of sp³-hybridized carbons (Fsp3) is 0.333. The smallest absolute Gasteiger partial charge is 0.270 e. The number of hydrogen-bond donors (Lipinski definition) is 3. The van der Waals surface area contributed by atoms with Crippen molar-refractivity contribution in [2.45, 2.75) is 38.3 Å². The van der Waals surface area contributed by atoms with Crippen molar-refractivity contribution in [1.29, 1.82) is 10.5 Å². The highest BCUT2D eigenvalue weighted by Gasteiger charge is 2.33. The summed E-state index contributed by atoms with van der Waals surface area (Å²) in [5, 5.41) is 34.9. The van der Waals surface area contributed by atoms with E-state index in [0.717, 1.165) is 54.2 Å². The Balaban J connectivity index is 1.43. The van der Waals surface area contributed by atoms with E-state index in [2.05, 4.69) is 21.6 Å². The number of carbonyl (C=O) groups excluding carboxylic acids is 1. The molecule has 1 aliphatic heterocycles. The number of rotatable bonds is 9. The summed E-state index contributed by atoms with van der Waals surface area (Å²) in [6.45, 7) is 4.38. The molecule has 0 aliphatic carbocycles. The van der Waals surface area contributed by atoms with E-state index in [-0.39, 0.29) is 22.3 Å². The van der Waals surface area contributed by atoms with Gasteiger partial charge in [-0.1, -0.05) is 42.5 Å². The molecule has 0 atom stereocenters. The number of hydrogen-bond acceptors (Lipinski definition) is 8. The van der Waals surface area contributed by atoms with Crippen LogP contribution in [0, 0.1) is 22.7 Å². The summed E-state index contributed by atoms with van der Waals surface area (Å²) in [5.41, 5.74) is 1.70. The summed E-state index contributed by atoms with van der Waals surface area (Å²) in [6, 6.07) is 21.5. The van der Waals surface area contributed by atoms with Gasteiger partial charge in [0.15, 0.2) is 5.57 Å².